The van der Waals surface area contributed by atoms with Crippen molar-refractivity contribution < 1.29 is 9.18 Å². The van der Waals surface area contributed by atoms with Gasteiger partial charge >= 0.3 is 0 Å². The summed E-state index contributed by atoms with van der Waals surface area (Å²) in [5.41, 5.74) is 0.812. The molecule has 1 rings (SSSR count). The molecule has 0 fully saturated rings. The number of carbonyl (C=O) groups is 1. The van der Waals surface area contributed by atoms with Gasteiger partial charge in [0.2, 0.25) is 0 Å². The average molecular weight is 220 g/mol. The standard InChI is InChI=1S/C12H13FN2O/c1-8-6-10(4-5-11(8)13)12(16)15(3)9(2)7-14/h4-6,9H,1-3H3. The molecule has 0 aliphatic heterocycles. The highest BCUT2D eigenvalue weighted by atomic mass is 19.1. The van der Waals surface area contributed by atoms with Gasteiger partial charge in [0.25, 0.3) is 5.91 Å². The summed E-state index contributed by atoms with van der Waals surface area (Å²) in [7, 11) is 1.55. The molecule has 0 saturated heterocycles. The van der Waals surface area contributed by atoms with E-state index in [9.17, 15) is 9.18 Å². The van der Waals surface area contributed by atoms with E-state index < -0.39 is 6.04 Å². The zero-order chi connectivity index (χ0) is 12.3. The van der Waals surface area contributed by atoms with Gasteiger partial charge in [0.15, 0.2) is 0 Å². The molecule has 1 atom stereocenters. The quantitative estimate of drug-likeness (QED) is 0.766. The molecular weight excluding hydrogens is 207 g/mol. The van der Waals surface area contributed by atoms with Crippen molar-refractivity contribution in [2.45, 2.75) is 19.9 Å². The Morgan fingerprint density at radius 1 is 1.56 bits per heavy atom. The first-order valence-electron chi connectivity index (χ1n) is 4.90. The third-order valence-electron chi connectivity index (χ3n) is 2.49. The summed E-state index contributed by atoms with van der Waals surface area (Å²) in [5, 5.41) is 8.70. The van der Waals surface area contributed by atoms with Gasteiger partial charge in [-0.1, -0.05) is 0 Å². The number of rotatable bonds is 2. The fraction of sp³-hybridized carbons (Fsp3) is 0.333. The molecule has 1 aromatic carbocycles. The zero-order valence-corrected chi connectivity index (χ0v) is 9.49. The van der Waals surface area contributed by atoms with Crippen LogP contribution >= 0.6 is 0 Å². The van der Waals surface area contributed by atoms with E-state index in [1.165, 1.54) is 23.1 Å². The summed E-state index contributed by atoms with van der Waals surface area (Å²) in [4.78, 5) is 13.2. The molecule has 3 nitrogen and oxygen atoms in total. The second-order valence-corrected chi connectivity index (χ2v) is 3.69. The van der Waals surface area contributed by atoms with Crippen LogP contribution in [-0.4, -0.2) is 23.9 Å². The molecule has 84 valence electrons. The summed E-state index contributed by atoms with van der Waals surface area (Å²) in [5.74, 6) is -0.621. The largest absolute Gasteiger partial charge is 0.326 e. The molecule has 0 aliphatic carbocycles. The minimum absolute atomic E-state index is 0.280. The van der Waals surface area contributed by atoms with Crippen LogP contribution in [0.4, 0.5) is 4.39 Å². The molecule has 0 aromatic heterocycles. The van der Waals surface area contributed by atoms with Gasteiger partial charge in [-0.05, 0) is 37.6 Å². The van der Waals surface area contributed by atoms with Crippen LogP contribution in [0.1, 0.15) is 22.8 Å². The average Bonchev–Trinajstić information content (AvgIpc) is 2.29. The second-order valence-electron chi connectivity index (χ2n) is 3.69. The third kappa shape index (κ3) is 2.37. The molecule has 0 aliphatic rings. The van der Waals surface area contributed by atoms with Gasteiger partial charge in [-0.15, -0.1) is 0 Å². The van der Waals surface area contributed by atoms with Crippen molar-refractivity contribution in [1.82, 2.24) is 4.90 Å². The van der Waals surface area contributed by atoms with Gasteiger partial charge in [-0.3, -0.25) is 4.79 Å². The number of amides is 1. The number of benzene rings is 1. The zero-order valence-electron chi connectivity index (χ0n) is 9.49. The number of aryl methyl sites for hydroxylation is 1. The summed E-state index contributed by atoms with van der Waals surface area (Å²) in [6.45, 7) is 3.23. The van der Waals surface area contributed by atoms with E-state index in [1.807, 2.05) is 6.07 Å². The minimum atomic E-state index is -0.502. The number of halogens is 1. The van der Waals surface area contributed by atoms with Crippen LogP contribution in [0, 0.1) is 24.1 Å². The minimum Gasteiger partial charge on any atom is -0.326 e. The van der Waals surface area contributed by atoms with Crippen LogP contribution in [0.25, 0.3) is 0 Å². The fourth-order valence-electron chi connectivity index (χ4n) is 1.24. The third-order valence-corrected chi connectivity index (χ3v) is 2.49. The van der Waals surface area contributed by atoms with E-state index >= 15 is 0 Å². The highest BCUT2D eigenvalue weighted by Gasteiger charge is 2.17. The molecule has 0 N–H and O–H groups in total. The number of hydrogen-bond acceptors (Lipinski definition) is 2. The lowest BCUT2D eigenvalue weighted by Gasteiger charge is -2.19. The maximum absolute atomic E-state index is 13.0. The van der Waals surface area contributed by atoms with Crippen molar-refractivity contribution in [3.8, 4) is 6.07 Å². The highest BCUT2D eigenvalue weighted by molar-refractivity contribution is 5.94. The van der Waals surface area contributed by atoms with Gasteiger partial charge in [-0.25, -0.2) is 4.39 Å². The number of carbonyl (C=O) groups excluding carboxylic acids is 1. The van der Waals surface area contributed by atoms with Crippen LogP contribution in [0.15, 0.2) is 18.2 Å². The van der Waals surface area contributed by atoms with Crippen molar-refractivity contribution in [3.63, 3.8) is 0 Å². The number of nitrogens with zero attached hydrogens (tertiary/aromatic N) is 2. The highest BCUT2D eigenvalue weighted by Crippen LogP contribution is 2.12. The van der Waals surface area contributed by atoms with Crippen LogP contribution in [0.5, 0.6) is 0 Å². The molecule has 0 bridgehead atoms. The molecule has 0 radical (unpaired) electrons. The maximum atomic E-state index is 13.0. The summed E-state index contributed by atoms with van der Waals surface area (Å²) in [6.07, 6.45) is 0. The van der Waals surface area contributed by atoms with Crippen molar-refractivity contribution in [2.24, 2.45) is 0 Å². The van der Waals surface area contributed by atoms with E-state index in [4.69, 9.17) is 5.26 Å². The summed E-state index contributed by atoms with van der Waals surface area (Å²) in [6, 6.07) is 5.63. The monoisotopic (exact) mass is 220 g/mol. The van der Waals surface area contributed by atoms with E-state index in [1.54, 1.807) is 20.9 Å². The Hall–Kier alpha value is -1.89. The Labute approximate surface area is 94.1 Å². The SMILES string of the molecule is Cc1cc(C(=O)N(C)C(C)C#N)ccc1F. The maximum Gasteiger partial charge on any atom is 0.254 e. The number of hydrogen-bond donors (Lipinski definition) is 0. The normalized spacial score (nSPS) is 11.7. The van der Waals surface area contributed by atoms with Crippen molar-refractivity contribution >= 4 is 5.91 Å². The van der Waals surface area contributed by atoms with Crippen LogP contribution in [0.2, 0.25) is 0 Å². The van der Waals surface area contributed by atoms with Gasteiger partial charge in [0, 0.05) is 12.6 Å². The smallest absolute Gasteiger partial charge is 0.254 e. The van der Waals surface area contributed by atoms with Gasteiger partial charge in [0.05, 0.1) is 6.07 Å². The van der Waals surface area contributed by atoms with E-state index in [2.05, 4.69) is 0 Å². The Morgan fingerprint density at radius 3 is 2.69 bits per heavy atom. The summed E-state index contributed by atoms with van der Waals surface area (Å²) < 4.78 is 13.0. The fourth-order valence-corrected chi connectivity index (χ4v) is 1.24. The second kappa shape index (κ2) is 4.75. The Kier molecular flexibility index (Phi) is 3.62. The van der Waals surface area contributed by atoms with Gasteiger partial charge < -0.3 is 4.90 Å². The lowest BCUT2D eigenvalue weighted by molar-refractivity contribution is 0.0773. The molecule has 0 heterocycles. The van der Waals surface area contributed by atoms with Crippen molar-refractivity contribution in [3.05, 3.63) is 35.1 Å². The molecular formula is C12H13FN2O. The first kappa shape index (κ1) is 12.2. The predicted molar refractivity (Wildman–Crippen MR) is 58.3 cm³/mol. The Bertz CT molecular complexity index is 451. The molecule has 1 aromatic rings. The Morgan fingerprint density at radius 2 is 2.19 bits per heavy atom. The van der Waals surface area contributed by atoms with E-state index in [-0.39, 0.29) is 11.7 Å². The first-order valence-corrected chi connectivity index (χ1v) is 4.90. The van der Waals surface area contributed by atoms with Gasteiger partial charge in [-0.2, -0.15) is 5.26 Å². The molecule has 0 saturated carbocycles. The molecule has 16 heavy (non-hydrogen) atoms. The molecule has 0 spiro atoms. The van der Waals surface area contributed by atoms with Crippen molar-refractivity contribution in [1.29, 1.82) is 5.26 Å². The Balaban J connectivity index is 2.98. The first-order chi connectivity index (χ1) is 7.47. The van der Waals surface area contributed by atoms with E-state index in [0.29, 0.717) is 11.1 Å². The molecule has 4 heteroatoms. The lowest BCUT2D eigenvalue weighted by atomic mass is 10.1. The summed E-state index contributed by atoms with van der Waals surface area (Å²) >= 11 is 0. The van der Waals surface area contributed by atoms with E-state index in [0.717, 1.165) is 0 Å². The predicted octanol–water partition coefficient (Wildman–Crippen LogP) is 2.12. The van der Waals surface area contributed by atoms with Crippen molar-refractivity contribution in [2.75, 3.05) is 7.05 Å². The lowest BCUT2D eigenvalue weighted by Crippen LogP contribution is -2.34. The van der Waals surface area contributed by atoms with Crippen LogP contribution in [0.3, 0.4) is 0 Å². The molecule has 1 unspecified atom stereocenters. The molecule has 1 amide bonds. The topological polar surface area (TPSA) is 44.1 Å². The number of nitriles is 1. The van der Waals surface area contributed by atoms with Crippen LogP contribution in [-0.2, 0) is 0 Å². The van der Waals surface area contributed by atoms with Crippen LogP contribution < -0.4 is 0 Å². The van der Waals surface area contributed by atoms with Gasteiger partial charge in [0.1, 0.15) is 11.9 Å².